The standard InChI is InChI=1S/C19H18N6O/c1-12-14(13(2)25-19(23-12)21-11-22-25)8-9-18(26)24-17-7-3-6-16-15(17)5-4-10-20-16/h3-7,10-11H,8-9H2,1-2H3,(H,24,26). The number of anilines is 1. The third-order valence-corrected chi connectivity index (χ3v) is 4.51. The number of benzene rings is 1. The lowest BCUT2D eigenvalue weighted by Gasteiger charge is -2.11. The van der Waals surface area contributed by atoms with Crippen LogP contribution in [0.15, 0.2) is 42.9 Å². The number of aryl methyl sites for hydroxylation is 2. The van der Waals surface area contributed by atoms with Crippen LogP contribution >= 0.6 is 0 Å². The third-order valence-electron chi connectivity index (χ3n) is 4.51. The van der Waals surface area contributed by atoms with Gasteiger partial charge in [-0.3, -0.25) is 9.78 Å². The Bertz CT molecular complexity index is 1110. The number of rotatable bonds is 4. The van der Waals surface area contributed by atoms with Crippen molar-refractivity contribution in [2.45, 2.75) is 26.7 Å². The van der Waals surface area contributed by atoms with E-state index in [0.29, 0.717) is 18.6 Å². The number of carbonyl (C=O) groups is 1. The van der Waals surface area contributed by atoms with E-state index in [1.54, 1.807) is 10.7 Å². The summed E-state index contributed by atoms with van der Waals surface area (Å²) in [4.78, 5) is 25.4. The van der Waals surface area contributed by atoms with Gasteiger partial charge in [0.25, 0.3) is 5.78 Å². The molecule has 0 saturated heterocycles. The van der Waals surface area contributed by atoms with E-state index in [4.69, 9.17) is 0 Å². The van der Waals surface area contributed by atoms with Gasteiger partial charge in [-0.05, 0) is 50.1 Å². The van der Waals surface area contributed by atoms with E-state index in [-0.39, 0.29) is 5.91 Å². The van der Waals surface area contributed by atoms with Crippen LogP contribution in [0.1, 0.15) is 23.4 Å². The van der Waals surface area contributed by atoms with Crippen LogP contribution in [0, 0.1) is 13.8 Å². The molecule has 130 valence electrons. The zero-order chi connectivity index (χ0) is 18.1. The van der Waals surface area contributed by atoms with Crippen molar-refractivity contribution in [3.63, 3.8) is 0 Å². The van der Waals surface area contributed by atoms with Gasteiger partial charge in [-0.2, -0.15) is 10.1 Å². The second kappa shape index (κ2) is 6.51. The molecule has 26 heavy (non-hydrogen) atoms. The van der Waals surface area contributed by atoms with E-state index in [0.717, 1.165) is 33.5 Å². The highest BCUT2D eigenvalue weighted by molar-refractivity contribution is 6.00. The Hall–Kier alpha value is -3.35. The first-order valence-corrected chi connectivity index (χ1v) is 8.43. The first kappa shape index (κ1) is 16.1. The van der Waals surface area contributed by atoms with Gasteiger partial charge in [0.05, 0.1) is 11.2 Å². The molecule has 0 atom stereocenters. The van der Waals surface area contributed by atoms with Crippen molar-refractivity contribution in [2.75, 3.05) is 5.32 Å². The molecule has 7 nitrogen and oxygen atoms in total. The summed E-state index contributed by atoms with van der Waals surface area (Å²) in [6.45, 7) is 3.91. The number of aromatic nitrogens is 5. The van der Waals surface area contributed by atoms with Gasteiger partial charge in [0.2, 0.25) is 5.91 Å². The molecular weight excluding hydrogens is 328 g/mol. The molecule has 0 aliphatic heterocycles. The molecule has 1 N–H and O–H groups in total. The largest absolute Gasteiger partial charge is 0.325 e. The highest BCUT2D eigenvalue weighted by atomic mass is 16.1. The molecule has 0 aliphatic carbocycles. The Labute approximate surface area is 150 Å². The topological polar surface area (TPSA) is 85.1 Å². The number of hydrogen-bond donors (Lipinski definition) is 1. The molecule has 4 aromatic rings. The fraction of sp³-hybridized carbons (Fsp3) is 0.211. The first-order valence-electron chi connectivity index (χ1n) is 8.43. The molecule has 1 amide bonds. The lowest BCUT2D eigenvalue weighted by atomic mass is 10.1. The van der Waals surface area contributed by atoms with Crippen molar-refractivity contribution < 1.29 is 4.79 Å². The Morgan fingerprint density at radius 2 is 2.04 bits per heavy atom. The van der Waals surface area contributed by atoms with Crippen LogP contribution in [0.25, 0.3) is 16.7 Å². The predicted molar refractivity (Wildman–Crippen MR) is 98.9 cm³/mol. The van der Waals surface area contributed by atoms with E-state index in [1.807, 2.05) is 44.2 Å². The van der Waals surface area contributed by atoms with Gasteiger partial charge in [-0.1, -0.05) is 6.07 Å². The summed E-state index contributed by atoms with van der Waals surface area (Å²) in [5.74, 6) is 0.537. The van der Waals surface area contributed by atoms with Crippen molar-refractivity contribution >= 4 is 28.3 Å². The van der Waals surface area contributed by atoms with E-state index in [1.165, 1.54) is 6.33 Å². The second-order valence-electron chi connectivity index (χ2n) is 6.16. The molecule has 0 unspecified atom stereocenters. The Morgan fingerprint density at radius 3 is 2.92 bits per heavy atom. The van der Waals surface area contributed by atoms with Gasteiger partial charge >= 0.3 is 0 Å². The van der Waals surface area contributed by atoms with Crippen molar-refractivity contribution in [1.29, 1.82) is 0 Å². The molecule has 3 heterocycles. The number of fused-ring (bicyclic) bond motifs is 2. The second-order valence-corrected chi connectivity index (χ2v) is 6.16. The highest BCUT2D eigenvalue weighted by Gasteiger charge is 2.13. The average Bonchev–Trinajstić information content (AvgIpc) is 3.10. The number of hydrogen-bond acceptors (Lipinski definition) is 5. The van der Waals surface area contributed by atoms with Gasteiger partial charge in [-0.15, -0.1) is 0 Å². The van der Waals surface area contributed by atoms with Crippen molar-refractivity contribution in [2.24, 2.45) is 0 Å². The average molecular weight is 346 g/mol. The molecule has 1 aromatic carbocycles. The van der Waals surface area contributed by atoms with Gasteiger partial charge < -0.3 is 5.32 Å². The molecule has 3 aromatic heterocycles. The summed E-state index contributed by atoms with van der Waals surface area (Å²) in [7, 11) is 0. The molecule has 0 radical (unpaired) electrons. The molecule has 0 aliphatic rings. The highest BCUT2D eigenvalue weighted by Crippen LogP contribution is 2.22. The van der Waals surface area contributed by atoms with E-state index < -0.39 is 0 Å². The smallest absolute Gasteiger partial charge is 0.252 e. The molecule has 0 bridgehead atoms. The monoisotopic (exact) mass is 346 g/mol. The molecular formula is C19H18N6O. The van der Waals surface area contributed by atoms with Crippen LogP contribution in [0.4, 0.5) is 5.69 Å². The number of nitrogens with zero attached hydrogens (tertiary/aromatic N) is 5. The summed E-state index contributed by atoms with van der Waals surface area (Å²) in [5, 5.41) is 8.11. The van der Waals surface area contributed by atoms with Crippen LogP contribution in [0.5, 0.6) is 0 Å². The lowest BCUT2D eigenvalue weighted by molar-refractivity contribution is -0.116. The van der Waals surface area contributed by atoms with Gasteiger partial charge in [-0.25, -0.2) is 9.50 Å². The summed E-state index contributed by atoms with van der Waals surface area (Å²) in [6.07, 6.45) is 4.18. The Balaban J connectivity index is 1.52. The summed E-state index contributed by atoms with van der Waals surface area (Å²) in [5.41, 5.74) is 4.51. The van der Waals surface area contributed by atoms with Crippen LogP contribution in [-0.2, 0) is 11.2 Å². The van der Waals surface area contributed by atoms with Crippen LogP contribution < -0.4 is 5.32 Å². The van der Waals surface area contributed by atoms with Crippen molar-refractivity contribution in [1.82, 2.24) is 24.6 Å². The SMILES string of the molecule is Cc1nc2ncnn2c(C)c1CCC(=O)Nc1cccc2ncccc12. The van der Waals surface area contributed by atoms with Gasteiger partial charge in [0.15, 0.2) is 0 Å². The molecule has 0 spiro atoms. The number of nitrogens with one attached hydrogen (secondary N) is 1. The molecule has 0 saturated carbocycles. The van der Waals surface area contributed by atoms with E-state index >= 15 is 0 Å². The maximum atomic E-state index is 12.5. The van der Waals surface area contributed by atoms with Crippen molar-refractivity contribution in [3.05, 3.63) is 59.8 Å². The molecule has 7 heteroatoms. The van der Waals surface area contributed by atoms with Crippen LogP contribution in [-0.4, -0.2) is 30.5 Å². The van der Waals surface area contributed by atoms with Gasteiger partial charge in [0.1, 0.15) is 6.33 Å². The van der Waals surface area contributed by atoms with E-state index in [9.17, 15) is 4.79 Å². The fourth-order valence-corrected chi connectivity index (χ4v) is 3.18. The van der Waals surface area contributed by atoms with Crippen molar-refractivity contribution in [3.8, 4) is 0 Å². The zero-order valence-electron chi connectivity index (χ0n) is 14.6. The molecule has 0 fully saturated rings. The van der Waals surface area contributed by atoms with Gasteiger partial charge in [0, 0.05) is 29.4 Å². The van der Waals surface area contributed by atoms with Crippen LogP contribution in [0.3, 0.4) is 0 Å². The minimum Gasteiger partial charge on any atom is -0.325 e. The maximum Gasteiger partial charge on any atom is 0.252 e. The quantitative estimate of drug-likeness (QED) is 0.614. The summed E-state index contributed by atoms with van der Waals surface area (Å²) in [6, 6.07) is 9.53. The minimum atomic E-state index is -0.0427. The van der Waals surface area contributed by atoms with Crippen LogP contribution in [0.2, 0.25) is 0 Å². The summed E-state index contributed by atoms with van der Waals surface area (Å²) >= 11 is 0. The maximum absolute atomic E-state index is 12.5. The lowest BCUT2D eigenvalue weighted by Crippen LogP contribution is -2.14. The number of amides is 1. The Morgan fingerprint density at radius 1 is 1.15 bits per heavy atom. The minimum absolute atomic E-state index is 0.0427. The zero-order valence-corrected chi connectivity index (χ0v) is 14.6. The molecule has 4 rings (SSSR count). The fourth-order valence-electron chi connectivity index (χ4n) is 3.18. The van der Waals surface area contributed by atoms with E-state index in [2.05, 4.69) is 25.4 Å². The number of pyridine rings is 1. The number of carbonyl (C=O) groups excluding carboxylic acids is 1. The third kappa shape index (κ3) is 2.88. The Kier molecular flexibility index (Phi) is 4.04. The first-order chi connectivity index (χ1) is 12.6. The normalized spacial score (nSPS) is 11.2. The summed E-state index contributed by atoms with van der Waals surface area (Å²) < 4.78 is 1.70. The predicted octanol–water partition coefficient (Wildman–Crippen LogP) is 2.86.